The molecule has 26 heavy (non-hydrogen) atoms. The average Bonchev–Trinajstić information content (AvgIpc) is 3.03. The Kier molecular flexibility index (Phi) is 4.34. The number of nitrogens with two attached hydrogens (primary N) is 2. The Hall–Kier alpha value is -2.87. The summed E-state index contributed by atoms with van der Waals surface area (Å²) in [6.07, 6.45) is 2.92. The number of benzene rings is 1. The van der Waals surface area contributed by atoms with Gasteiger partial charge in [-0.15, -0.1) is 0 Å². The summed E-state index contributed by atoms with van der Waals surface area (Å²) in [4.78, 5) is 9.21. The number of anilines is 1. The number of unbranched alkanes of at least 4 members (excludes halogenated alkanes) is 1. The molecule has 3 aromatic rings. The Balaban J connectivity index is 1.68. The number of hydrogen-bond donors (Lipinski definition) is 4. The van der Waals surface area contributed by atoms with Crippen LogP contribution in [0.15, 0.2) is 24.3 Å². The van der Waals surface area contributed by atoms with E-state index >= 15 is 0 Å². The molecule has 2 aromatic heterocycles. The topological polar surface area (TPSA) is 128 Å². The molecule has 1 atom stereocenters. The van der Waals surface area contributed by atoms with E-state index in [0.29, 0.717) is 25.6 Å². The second-order valence-corrected chi connectivity index (χ2v) is 6.61. The van der Waals surface area contributed by atoms with Gasteiger partial charge in [0.25, 0.3) is 0 Å². The molecule has 0 saturated carbocycles. The minimum absolute atomic E-state index is 0.0170. The van der Waals surface area contributed by atoms with Gasteiger partial charge in [-0.25, -0.2) is 9.97 Å². The first-order valence-electron chi connectivity index (χ1n) is 8.86. The van der Waals surface area contributed by atoms with Crippen LogP contribution >= 0.6 is 0 Å². The van der Waals surface area contributed by atoms with E-state index in [9.17, 15) is 0 Å². The maximum Gasteiger partial charge on any atom is 0.185 e. The zero-order valence-electron chi connectivity index (χ0n) is 14.5. The Morgan fingerprint density at radius 2 is 2.15 bits per heavy atom. The molecule has 0 aliphatic carbocycles. The van der Waals surface area contributed by atoms with Gasteiger partial charge in [-0.3, -0.25) is 5.41 Å². The van der Waals surface area contributed by atoms with E-state index in [2.05, 4.69) is 20.9 Å². The zero-order chi connectivity index (χ0) is 18.1. The van der Waals surface area contributed by atoms with Crippen molar-refractivity contribution < 1.29 is 4.74 Å². The van der Waals surface area contributed by atoms with Crippen LogP contribution < -0.4 is 16.8 Å². The summed E-state index contributed by atoms with van der Waals surface area (Å²) in [5, 5.41) is 11.1. The minimum Gasteiger partial charge on any atom is -0.382 e. The summed E-state index contributed by atoms with van der Waals surface area (Å²) in [7, 11) is 0. The van der Waals surface area contributed by atoms with Crippen molar-refractivity contribution in [1.82, 2.24) is 19.9 Å². The number of ether oxygens (including phenoxy) is 1. The first-order chi connectivity index (χ1) is 12.6. The summed E-state index contributed by atoms with van der Waals surface area (Å²) in [5.74, 6) is 1.39. The smallest absolute Gasteiger partial charge is 0.185 e. The lowest BCUT2D eigenvalue weighted by Crippen LogP contribution is -2.31. The van der Waals surface area contributed by atoms with E-state index < -0.39 is 0 Å². The molecule has 8 nitrogen and oxygen atoms in total. The lowest BCUT2D eigenvalue weighted by Gasteiger charge is -2.26. The lowest BCUT2D eigenvalue weighted by molar-refractivity contribution is 0.0532. The SMILES string of the molecule is N=C(N)NCCCC[C@H]1COCc2nc3c(N)nc4ccccc4c3n21. The largest absolute Gasteiger partial charge is 0.382 e. The highest BCUT2D eigenvalue weighted by atomic mass is 16.5. The molecule has 0 saturated heterocycles. The van der Waals surface area contributed by atoms with Gasteiger partial charge in [-0.05, 0) is 25.3 Å². The molecule has 0 bridgehead atoms. The van der Waals surface area contributed by atoms with Crippen LogP contribution in [0.25, 0.3) is 21.9 Å². The maximum absolute atomic E-state index is 7.21. The fourth-order valence-electron chi connectivity index (χ4n) is 3.67. The van der Waals surface area contributed by atoms with Gasteiger partial charge in [0.1, 0.15) is 17.9 Å². The third-order valence-corrected chi connectivity index (χ3v) is 4.81. The van der Waals surface area contributed by atoms with Crippen molar-refractivity contribution in [3.63, 3.8) is 0 Å². The molecular formula is C18H23N7O. The molecule has 0 unspecified atom stereocenters. The van der Waals surface area contributed by atoms with Crippen LogP contribution in [0.4, 0.5) is 5.82 Å². The number of aromatic nitrogens is 3. The van der Waals surface area contributed by atoms with E-state index in [0.717, 1.165) is 47.0 Å². The fraction of sp³-hybridized carbons (Fsp3) is 0.389. The minimum atomic E-state index is 0.0170. The molecule has 0 amide bonds. The van der Waals surface area contributed by atoms with Crippen LogP contribution in [0.5, 0.6) is 0 Å². The average molecular weight is 353 g/mol. The van der Waals surface area contributed by atoms with Crippen molar-refractivity contribution in [3.8, 4) is 0 Å². The first-order valence-corrected chi connectivity index (χ1v) is 8.86. The van der Waals surface area contributed by atoms with Crippen molar-refractivity contribution >= 4 is 33.7 Å². The van der Waals surface area contributed by atoms with Gasteiger partial charge in [0.05, 0.1) is 23.7 Å². The molecule has 0 spiro atoms. The molecule has 0 fully saturated rings. The third-order valence-electron chi connectivity index (χ3n) is 4.81. The number of hydrogen-bond acceptors (Lipinski definition) is 5. The molecule has 1 aliphatic heterocycles. The molecule has 6 N–H and O–H groups in total. The normalized spacial score (nSPS) is 16.7. The quantitative estimate of drug-likeness (QED) is 0.315. The number of rotatable bonds is 5. The summed E-state index contributed by atoms with van der Waals surface area (Å²) >= 11 is 0. The van der Waals surface area contributed by atoms with Crippen molar-refractivity contribution in [2.24, 2.45) is 5.73 Å². The van der Waals surface area contributed by atoms with Crippen LogP contribution in [-0.2, 0) is 11.3 Å². The van der Waals surface area contributed by atoms with Gasteiger partial charge in [0.2, 0.25) is 0 Å². The van der Waals surface area contributed by atoms with Gasteiger partial charge < -0.3 is 26.1 Å². The lowest BCUT2D eigenvalue weighted by atomic mass is 10.1. The van der Waals surface area contributed by atoms with E-state index in [1.54, 1.807) is 0 Å². The van der Waals surface area contributed by atoms with Crippen molar-refractivity contribution in [3.05, 3.63) is 30.1 Å². The van der Waals surface area contributed by atoms with E-state index in [-0.39, 0.29) is 12.0 Å². The molecule has 0 radical (unpaired) electrons. The summed E-state index contributed by atoms with van der Waals surface area (Å²) in [5.41, 5.74) is 14.2. The van der Waals surface area contributed by atoms with Gasteiger partial charge in [0.15, 0.2) is 11.8 Å². The standard InChI is InChI=1S/C18H23N7O/c19-17-15-16(12-6-1-2-7-13(12)23-17)25-11(9-26-10-14(25)24-15)5-3-4-8-22-18(20)21/h1-2,6-7,11H,3-5,8-10H2,(H2,19,23)(H4,20,21,22)/t11-/m0/s1. The molecule has 8 heteroatoms. The van der Waals surface area contributed by atoms with Gasteiger partial charge in [0, 0.05) is 11.9 Å². The Morgan fingerprint density at radius 1 is 1.31 bits per heavy atom. The second-order valence-electron chi connectivity index (χ2n) is 6.61. The van der Waals surface area contributed by atoms with Crippen molar-refractivity contribution in [2.45, 2.75) is 31.9 Å². The molecular weight excluding hydrogens is 330 g/mol. The number of para-hydroxylation sites is 1. The van der Waals surface area contributed by atoms with Crippen molar-refractivity contribution in [2.75, 3.05) is 18.9 Å². The first kappa shape index (κ1) is 16.6. The molecule has 4 rings (SSSR count). The number of imidazole rings is 1. The maximum atomic E-state index is 7.21. The highest BCUT2D eigenvalue weighted by Crippen LogP contribution is 2.34. The van der Waals surface area contributed by atoms with E-state index in [1.807, 2.05) is 18.2 Å². The highest BCUT2D eigenvalue weighted by Gasteiger charge is 2.26. The number of nitrogens with zero attached hydrogens (tertiary/aromatic N) is 3. The number of fused-ring (bicyclic) bond motifs is 5. The Morgan fingerprint density at radius 3 is 3.00 bits per heavy atom. The predicted octanol–water partition coefficient (Wildman–Crippen LogP) is 1.89. The van der Waals surface area contributed by atoms with Gasteiger partial charge in [-0.1, -0.05) is 18.2 Å². The van der Waals surface area contributed by atoms with E-state index in [1.165, 1.54) is 0 Å². The molecule has 1 aromatic carbocycles. The number of nitrogen functional groups attached to an aromatic ring is 1. The van der Waals surface area contributed by atoms with Crippen LogP contribution in [0.1, 0.15) is 31.1 Å². The van der Waals surface area contributed by atoms with Gasteiger partial charge >= 0.3 is 0 Å². The Labute approximate surface area is 151 Å². The van der Waals surface area contributed by atoms with Gasteiger partial charge in [-0.2, -0.15) is 0 Å². The third kappa shape index (κ3) is 2.92. The molecule has 136 valence electrons. The second kappa shape index (κ2) is 6.80. The summed E-state index contributed by atoms with van der Waals surface area (Å²) in [6.45, 7) is 1.86. The van der Waals surface area contributed by atoms with E-state index in [4.69, 9.17) is 26.6 Å². The molecule has 1 aliphatic rings. The highest BCUT2D eigenvalue weighted by molar-refractivity contribution is 6.06. The van der Waals surface area contributed by atoms with Crippen LogP contribution in [0.2, 0.25) is 0 Å². The predicted molar refractivity (Wildman–Crippen MR) is 102 cm³/mol. The number of nitrogens with one attached hydrogen (secondary N) is 2. The monoisotopic (exact) mass is 353 g/mol. The fourth-order valence-corrected chi connectivity index (χ4v) is 3.67. The van der Waals surface area contributed by atoms with Crippen LogP contribution in [0, 0.1) is 5.41 Å². The number of pyridine rings is 1. The molecule has 3 heterocycles. The Bertz CT molecular complexity index is 965. The zero-order valence-corrected chi connectivity index (χ0v) is 14.5. The number of guanidine groups is 1. The summed E-state index contributed by atoms with van der Waals surface area (Å²) in [6, 6.07) is 8.25. The summed E-state index contributed by atoms with van der Waals surface area (Å²) < 4.78 is 8.06. The van der Waals surface area contributed by atoms with Crippen molar-refractivity contribution in [1.29, 1.82) is 5.41 Å². The van der Waals surface area contributed by atoms with Crippen LogP contribution in [0.3, 0.4) is 0 Å². The van der Waals surface area contributed by atoms with Crippen LogP contribution in [-0.4, -0.2) is 33.6 Å².